The Hall–Kier alpha value is 0.310. The maximum atomic E-state index is 3.86. The Labute approximate surface area is 86.0 Å². The zero-order chi connectivity index (χ0) is 9.53. The van der Waals surface area contributed by atoms with Gasteiger partial charge in [0.1, 0.15) is 0 Å². The van der Waals surface area contributed by atoms with Crippen molar-refractivity contribution in [2.75, 3.05) is 5.75 Å². The Morgan fingerprint density at radius 1 is 1.31 bits per heavy atom. The first kappa shape index (κ1) is 9.85. The highest BCUT2D eigenvalue weighted by Gasteiger charge is 2.47. The lowest BCUT2D eigenvalue weighted by molar-refractivity contribution is 0.221. The van der Waals surface area contributed by atoms with Gasteiger partial charge >= 0.3 is 0 Å². The van der Waals surface area contributed by atoms with Crippen molar-refractivity contribution in [1.82, 2.24) is 5.32 Å². The van der Waals surface area contributed by atoms with Gasteiger partial charge in [-0.25, -0.2) is 0 Å². The molecular formula is C11H21NS. The van der Waals surface area contributed by atoms with E-state index in [1.165, 1.54) is 31.4 Å². The van der Waals surface area contributed by atoms with E-state index < -0.39 is 0 Å². The standard InChI is InChI=1S/C11H21NS/c1-9-6-4-5-7-11(9)12-10(2,3)8-13-11/h9,12H,4-8H2,1-3H3. The maximum absolute atomic E-state index is 3.86. The summed E-state index contributed by atoms with van der Waals surface area (Å²) in [5.41, 5.74) is 0.357. The van der Waals surface area contributed by atoms with Crippen molar-refractivity contribution < 1.29 is 0 Å². The molecule has 0 aromatic heterocycles. The van der Waals surface area contributed by atoms with E-state index in [1.807, 2.05) is 0 Å². The minimum Gasteiger partial charge on any atom is -0.297 e. The molecular weight excluding hydrogens is 178 g/mol. The molecule has 2 heteroatoms. The van der Waals surface area contributed by atoms with Crippen LogP contribution in [0.1, 0.15) is 46.5 Å². The minimum absolute atomic E-state index is 0.357. The molecule has 0 radical (unpaired) electrons. The van der Waals surface area contributed by atoms with Crippen LogP contribution in [0.5, 0.6) is 0 Å². The molecule has 1 spiro atoms. The van der Waals surface area contributed by atoms with Crippen molar-refractivity contribution in [2.45, 2.75) is 56.9 Å². The summed E-state index contributed by atoms with van der Waals surface area (Å²) < 4.78 is 0. The minimum atomic E-state index is 0.357. The molecule has 0 bridgehead atoms. The Kier molecular flexibility index (Phi) is 2.40. The highest BCUT2D eigenvalue weighted by Crippen LogP contribution is 2.48. The third-order valence-corrected chi connectivity index (χ3v) is 5.56. The van der Waals surface area contributed by atoms with Crippen LogP contribution in [0.2, 0.25) is 0 Å². The number of nitrogens with one attached hydrogen (secondary N) is 1. The molecule has 2 atom stereocenters. The fourth-order valence-electron chi connectivity index (χ4n) is 2.67. The SMILES string of the molecule is CC1CCCCC12NC(C)(C)CS2. The molecule has 1 nitrogen and oxygen atoms in total. The first-order valence-electron chi connectivity index (χ1n) is 5.47. The van der Waals surface area contributed by atoms with Gasteiger partial charge in [-0.2, -0.15) is 0 Å². The number of thioether (sulfide) groups is 1. The van der Waals surface area contributed by atoms with Gasteiger partial charge in [0.15, 0.2) is 0 Å². The van der Waals surface area contributed by atoms with E-state index >= 15 is 0 Å². The van der Waals surface area contributed by atoms with E-state index in [0.29, 0.717) is 10.4 Å². The Bertz CT molecular complexity index is 202. The van der Waals surface area contributed by atoms with Gasteiger partial charge in [-0.3, -0.25) is 5.32 Å². The molecule has 2 unspecified atom stereocenters. The zero-order valence-corrected chi connectivity index (χ0v) is 9.84. The maximum Gasteiger partial charge on any atom is 0.0676 e. The highest BCUT2D eigenvalue weighted by atomic mass is 32.2. The van der Waals surface area contributed by atoms with Gasteiger partial charge in [-0.05, 0) is 32.6 Å². The second-order valence-corrected chi connectivity index (χ2v) is 6.64. The Morgan fingerprint density at radius 3 is 2.62 bits per heavy atom. The van der Waals surface area contributed by atoms with Crippen molar-refractivity contribution in [3.63, 3.8) is 0 Å². The molecule has 13 heavy (non-hydrogen) atoms. The van der Waals surface area contributed by atoms with E-state index in [0.717, 1.165) is 5.92 Å². The van der Waals surface area contributed by atoms with Gasteiger partial charge in [0.05, 0.1) is 4.87 Å². The second-order valence-electron chi connectivity index (χ2n) is 5.33. The van der Waals surface area contributed by atoms with E-state index in [9.17, 15) is 0 Å². The van der Waals surface area contributed by atoms with E-state index in [-0.39, 0.29) is 0 Å². The summed E-state index contributed by atoms with van der Waals surface area (Å²) in [6.07, 6.45) is 5.64. The van der Waals surface area contributed by atoms with Crippen LogP contribution >= 0.6 is 11.8 Å². The fraction of sp³-hybridized carbons (Fsp3) is 1.00. The molecule has 0 amide bonds. The average Bonchev–Trinajstić information content (AvgIpc) is 2.35. The summed E-state index contributed by atoms with van der Waals surface area (Å²) in [4.78, 5) is 0.432. The van der Waals surface area contributed by atoms with E-state index in [2.05, 4.69) is 37.8 Å². The first-order valence-corrected chi connectivity index (χ1v) is 6.46. The molecule has 2 fully saturated rings. The topological polar surface area (TPSA) is 12.0 Å². The van der Waals surface area contributed by atoms with E-state index in [4.69, 9.17) is 0 Å². The second kappa shape index (κ2) is 3.16. The first-order chi connectivity index (χ1) is 6.04. The normalized spacial score (nSPS) is 44.1. The van der Waals surface area contributed by atoms with Crippen LogP contribution in [-0.2, 0) is 0 Å². The fourth-order valence-corrected chi connectivity index (χ4v) is 4.40. The van der Waals surface area contributed by atoms with Gasteiger partial charge in [0.2, 0.25) is 0 Å². The third kappa shape index (κ3) is 1.75. The highest BCUT2D eigenvalue weighted by molar-refractivity contribution is 8.01. The third-order valence-electron chi connectivity index (χ3n) is 3.47. The zero-order valence-electron chi connectivity index (χ0n) is 9.02. The van der Waals surface area contributed by atoms with Gasteiger partial charge in [0, 0.05) is 11.3 Å². The Morgan fingerprint density at radius 2 is 2.08 bits per heavy atom. The van der Waals surface area contributed by atoms with Gasteiger partial charge in [-0.1, -0.05) is 19.8 Å². The van der Waals surface area contributed by atoms with E-state index in [1.54, 1.807) is 0 Å². The van der Waals surface area contributed by atoms with Gasteiger partial charge in [0.25, 0.3) is 0 Å². The molecule has 1 N–H and O–H groups in total. The Balaban J connectivity index is 2.12. The summed E-state index contributed by atoms with van der Waals surface area (Å²) in [6.45, 7) is 7.08. The van der Waals surface area contributed by atoms with Gasteiger partial charge < -0.3 is 0 Å². The lowest BCUT2D eigenvalue weighted by Gasteiger charge is -2.40. The largest absolute Gasteiger partial charge is 0.297 e. The van der Waals surface area contributed by atoms with Crippen molar-refractivity contribution >= 4 is 11.8 Å². The van der Waals surface area contributed by atoms with Crippen LogP contribution in [0.25, 0.3) is 0 Å². The van der Waals surface area contributed by atoms with Crippen molar-refractivity contribution in [3.05, 3.63) is 0 Å². The smallest absolute Gasteiger partial charge is 0.0676 e. The lowest BCUT2D eigenvalue weighted by atomic mass is 9.84. The summed E-state index contributed by atoms with van der Waals surface area (Å²) >= 11 is 2.17. The predicted molar refractivity (Wildman–Crippen MR) is 60.0 cm³/mol. The van der Waals surface area contributed by atoms with Crippen LogP contribution in [-0.4, -0.2) is 16.2 Å². The monoisotopic (exact) mass is 199 g/mol. The van der Waals surface area contributed by atoms with Crippen LogP contribution in [0.3, 0.4) is 0 Å². The molecule has 0 aromatic rings. The van der Waals surface area contributed by atoms with Crippen LogP contribution in [0, 0.1) is 5.92 Å². The molecule has 1 aliphatic heterocycles. The molecule has 1 saturated heterocycles. The summed E-state index contributed by atoms with van der Waals surface area (Å²) in [7, 11) is 0. The number of rotatable bonds is 0. The summed E-state index contributed by atoms with van der Waals surface area (Å²) in [5, 5.41) is 3.86. The van der Waals surface area contributed by atoms with Crippen LogP contribution < -0.4 is 5.32 Å². The van der Waals surface area contributed by atoms with Crippen molar-refractivity contribution in [1.29, 1.82) is 0 Å². The molecule has 76 valence electrons. The molecule has 1 saturated carbocycles. The van der Waals surface area contributed by atoms with Crippen molar-refractivity contribution in [3.8, 4) is 0 Å². The average molecular weight is 199 g/mol. The van der Waals surface area contributed by atoms with Crippen molar-refractivity contribution in [2.24, 2.45) is 5.92 Å². The number of hydrogen-bond donors (Lipinski definition) is 1. The molecule has 1 heterocycles. The predicted octanol–water partition coefficient (Wildman–Crippen LogP) is 3.01. The summed E-state index contributed by atoms with van der Waals surface area (Å²) in [5.74, 6) is 2.13. The van der Waals surface area contributed by atoms with Gasteiger partial charge in [-0.15, -0.1) is 11.8 Å². The summed E-state index contributed by atoms with van der Waals surface area (Å²) in [6, 6.07) is 0. The molecule has 2 rings (SSSR count). The van der Waals surface area contributed by atoms with Crippen LogP contribution in [0.15, 0.2) is 0 Å². The molecule has 0 aromatic carbocycles. The lowest BCUT2D eigenvalue weighted by Crippen LogP contribution is -2.52. The molecule has 2 aliphatic rings. The quantitative estimate of drug-likeness (QED) is 0.643. The van der Waals surface area contributed by atoms with Crippen LogP contribution in [0.4, 0.5) is 0 Å². The molecule has 1 aliphatic carbocycles. The number of hydrogen-bond acceptors (Lipinski definition) is 2.